The third-order valence-electron chi connectivity index (χ3n) is 4.98. The third-order valence-corrected chi connectivity index (χ3v) is 4.98. The molecule has 0 fully saturated rings. The molecule has 0 aliphatic heterocycles. The number of methoxy groups -OCH3 is 2. The van der Waals surface area contributed by atoms with Crippen molar-refractivity contribution >= 4 is 0 Å². The molecule has 1 aromatic heterocycles. The van der Waals surface area contributed by atoms with E-state index in [1.165, 1.54) is 0 Å². The van der Waals surface area contributed by atoms with E-state index in [0.29, 0.717) is 13.2 Å². The van der Waals surface area contributed by atoms with Crippen LogP contribution < -0.4 is 9.47 Å². The van der Waals surface area contributed by atoms with Gasteiger partial charge in [0.05, 0.1) is 26.7 Å². The highest BCUT2D eigenvalue weighted by Crippen LogP contribution is 2.39. The second kappa shape index (κ2) is 10.0. The first kappa shape index (κ1) is 20.8. The van der Waals surface area contributed by atoms with Gasteiger partial charge < -0.3 is 14.2 Å². The average Bonchev–Trinajstić information content (AvgIpc) is 3.19. The average molecular weight is 396 g/mol. The predicted molar refractivity (Wildman–Crippen MR) is 110 cm³/mol. The van der Waals surface area contributed by atoms with Crippen molar-refractivity contribution in [2.75, 3.05) is 27.4 Å². The molecular formula is C22H28N4O3. The number of rotatable bonds is 10. The van der Waals surface area contributed by atoms with Gasteiger partial charge in [-0.05, 0) is 52.2 Å². The maximum Gasteiger partial charge on any atom is 0.157 e. The summed E-state index contributed by atoms with van der Waals surface area (Å²) in [5.74, 6) is 2.39. The monoisotopic (exact) mass is 396 g/mol. The zero-order valence-corrected chi connectivity index (χ0v) is 17.4. The summed E-state index contributed by atoms with van der Waals surface area (Å²) >= 11 is 0. The lowest BCUT2D eigenvalue weighted by molar-refractivity contribution is 0.113. The highest BCUT2D eigenvalue weighted by Gasteiger charge is 2.31. The smallest absolute Gasteiger partial charge is 0.157 e. The van der Waals surface area contributed by atoms with Gasteiger partial charge in [-0.3, -0.25) is 0 Å². The summed E-state index contributed by atoms with van der Waals surface area (Å²) in [6.07, 6.45) is 0.958. The Morgan fingerprint density at radius 1 is 0.897 bits per heavy atom. The number of aromatic nitrogens is 4. The number of nitrogens with zero attached hydrogens (tertiary/aromatic N) is 4. The molecule has 3 rings (SSSR count). The van der Waals surface area contributed by atoms with Gasteiger partial charge in [0.1, 0.15) is 11.5 Å². The summed E-state index contributed by atoms with van der Waals surface area (Å²) in [7, 11) is 5.20. The highest BCUT2D eigenvalue weighted by molar-refractivity contribution is 5.40. The SMILES string of the molecule is CCCOCC(c1nnnn1C)C(c1ccc(OC)cc1)c1ccc(OC)cc1. The van der Waals surface area contributed by atoms with Gasteiger partial charge in [-0.1, -0.05) is 31.2 Å². The quantitative estimate of drug-likeness (QED) is 0.488. The summed E-state index contributed by atoms with van der Waals surface area (Å²) in [6.45, 7) is 3.31. The van der Waals surface area contributed by atoms with Crippen LogP contribution in [0.2, 0.25) is 0 Å². The highest BCUT2D eigenvalue weighted by atomic mass is 16.5. The second-order valence-electron chi connectivity index (χ2n) is 6.87. The van der Waals surface area contributed by atoms with Crippen LogP contribution in [0.4, 0.5) is 0 Å². The molecule has 0 spiro atoms. The van der Waals surface area contributed by atoms with E-state index in [0.717, 1.165) is 34.9 Å². The first-order valence-corrected chi connectivity index (χ1v) is 9.75. The minimum absolute atomic E-state index is 0.00775. The lowest BCUT2D eigenvalue weighted by Gasteiger charge is -2.27. The van der Waals surface area contributed by atoms with E-state index in [1.54, 1.807) is 18.9 Å². The molecule has 0 aliphatic carbocycles. The lowest BCUT2D eigenvalue weighted by Crippen LogP contribution is -2.22. The Labute approximate surface area is 171 Å². The molecule has 0 aliphatic rings. The summed E-state index contributed by atoms with van der Waals surface area (Å²) in [5.41, 5.74) is 2.29. The Balaban J connectivity index is 2.06. The fourth-order valence-electron chi connectivity index (χ4n) is 3.50. The standard InChI is InChI=1S/C22H28N4O3/c1-5-14-29-15-20(22-23-24-25-26(22)2)21(16-6-10-18(27-3)11-7-16)17-8-12-19(28-4)13-9-17/h6-13,20-21H,5,14-15H2,1-4H3. The molecule has 1 heterocycles. The molecular weight excluding hydrogens is 368 g/mol. The Hall–Kier alpha value is -2.93. The number of tetrazole rings is 1. The summed E-state index contributed by atoms with van der Waals surface area (Å²) in [5, 5.41) is 12.2. The number of aryl methyl sites for hydroxylation is 1. The topological polar surface area (TPSA) is 71.3 Å². The van der Waals surface area contributed by atoms with Crippen LogP contribution in [0, 0.1) is 0 Å². The van der Waals surface area contributed by atoms with Gasteiger partial charge in [-0.15, -0.1) is 5.10 Å². The molecule has 29 heavy (non-hydrogen) atoms. The molecule has 1 unspecified atom stereocenters. The van der Waals surface area contributed by atoms with Crippen molar-refractivity contribution < 1.29 is 14.2 Å². The maximum absolute atomic E-state index is 5.98. The van der Waals surface area contributed by atoms with Gasteiger partial charge in [0.15, 0.2) is 5.82 Å². The van der Waals surface area contributed by atoms with E-state index >= 15 is 0 Å². The largest absolute Gasteiger partial charge is 0.497 e. The fraction of sp³-hybridized carbons (Fsp3) is 0.409. The molecule has 0 amide bonds. The zero-order chi connectivity index (χ0) is 20.6. The first-order chi connectivity index (χ1) is 14.2. The molecule has 1 atom stereocenters. The molecule has 7 nitrogen and oxygen atoms in total. The molecule has 0 bridgehead atoms. The van der Waals surface area contributed by atoms with E-state index in [1.807, 2.05) is 31.3 Å². The van der Waals surface area contributed by atoms with Gasteiger partial charge >= 0.3 is 0 Å². The van der Waals surface area contributed by atoms with Crippen molar-refractivity contribution in [1.82, 2.24) is 20.2 Å². The molecule has 0 N–H and O–H groups in total. The third kappa shape index (κ3) is 4.92. The maximum atomic E-state index is 5.98. The van der Waals surface area contributed by atoms with Crippen molar-refractivity contribution in [2.45, 2.75) is 25.2 Å². The van der Waals surface area contributed by atoms with Crippen molar-refractivity contribution in [3.8, 4) is 11.5 Å². The Bertz CT molecular complexity index is 830. The van der Waals surface area contributed by atoms with E-state index in [2.05, 4.69) is 46.7 Å². The van der Waals surface area contributed by atoms with Crippen LogP contribution in [0.1, 0.15) is 42.1 Å². The second-order valence-corrected chi connectivity index (χ2v) is 6.87. The predicted octanol–water partition coefficient (Wildman–Crippen LogP) is 3.57. The number of hydrogen-bond acceptors (Lipinski definition) is 6. The van der Waals surface area contributed by atoms with Crippen molar-refractivity contribution in [2.24, 2.45) is 7.05 Å². The lowest BCUT2D eigenvalue weighted by atomic mass is 9.80. The van der Waals surface area contributed by atoms with Crippen molar-refractivity contribution in [3.63, 3.8) is 0 Å². The Kier molecular flexibility index (Phi) is 7.19. The van der Waals surface area contributed by atoms with E-state index in [-0.39, 0.29) is 11.8 Å². The summed E-state index contributed by atoms with van der Waals surface area (Å²) in [4.78, 5) is 0. The van der Waals surface area contributed by atoms with Gasteiger partial charge in [0.25, 0.3) is 0 Å². The van der Waals surface area contributed by atoms with Crippen LogP contribution in [0.25, 0.3) is 0 Å². The van der Waals surface area contributed by atoms with Crippen LogP contribution in [-0.2, 0) is 11.8 Å². The minimum Gasteiger partial charge on any atom is -0.497 e. The van der Waals surface area contributed by atoms with Crippen molar-refractivity contribution in [3.05, 3.63) is 65.5 Å². The normalized spacial score (nSPS) is 12.2. The summed E-state index contributed by atoms with van der Waals surface area (Å²) < 4.78 is 18.4. The minimum atomic E-state index is -0.0525. The summed E-state index contributed by atoms with van der Waals surface area (Å²) in [6, 6.07) is 16.3. The van der Waals surface area contributed by atoms with E-state index in [4.69, 9.17) is 14.2 Å². The van der Waals surface area contributed by atoms with Crippen LogP contribution in [0.5, 0.6) is 11.5 Å². The van der Waals surface area contributed by atoms with Gasteiger partial charge in [0.2, 0.25) is 0 Å². The van der Waals surface area contributed by atoms with Crippen LogP contribution in [-0.4, -0.2) is 47.6 Å². The van der Waals surface area contributed by atoms with Crippen LogP contribution in [0.15, 0.2) is 48.5 Å². The van der Waals surface area contributed by atoms with Gasteiger partial charge in [-0.2, -0.15) is 0 Å². The molecule has 154 valence electrons. The Morgan fingerprint density at radius 3 is 1.86 bits per heavy atom. The molecule has 0 saturated carbocycles. The number of benzene rings is 2. The fourth-order valence-corrected chi connectivity index (χ4v) is 3.50. The molecule has 0 saturated heterocycles. The zero-order valence-electron chi connectivity index (χ0n) is 17.4. The molecule has 7 heteroatoms. The van der Waals surface area contributed by atoms with Crippen LogP contribution in [0.3, 0.4) is 0 Å². The molecule has 2 aromatic carbocycles. The Morgan fingerprint density at radius 2 is 1.45 bits per heavy atom. The van der Waals surface area contributed by atoms with E-state index in [9.17, 15) is 0 Å². The van der Waals surface area contributed by atoms with Gasteiger partial charge in [-0.25, -0.2) is 4.68 Å². The van der Waals surface area contributed by atoms with Crippen LogP contribution >= 0.6 is 0 Å². The first-order valence-electron chi connectivity index (χ1n) is 9.75. The molecule has 3 aromatic rings. The van der Waals surface area contributed by atoms with E-state index < -0.39 is 0 Å². The van der Waals surface area contributed by atoms with Gasteiger partial charge in [0, 0.05) is 19.6 Å². The van der Waals surface area contributed by atoms with Crippen molar-refractivity contribution in [1.29, 1.82) is 0 Å². The molecule has 0 radical (unpaired) electrons. The number of ether oxygens (including phenoxy) is 3. The number of hydrogen-bond donors (Lipinski definition) is 0.